The van der Waals surface area contributed by atoms with Crippen LogP contribution in [0.5, 0.6) is 5.75 Å². The molecule has 1 heterocycles. The lowest BCUT2D eigenvalue weighted by Crippen LogP contribution is -2.12. The zero-order valence-corrected chi connectivity index (χ0v) is 12.7. The number of pyridine rings is 1. The molecule has 1 aromatic heterocycles. The van der Waals surface area contributed by atoms with Gasteiger partial charge >= 0.3 is 15.8 Å². The lowest BCUT2D eigenvalue weighted by molar-refractivity contribution is -0.385. The minimum atomic E-state index is -4.45. The third kappa shape index (κ3) is 2.88. The van der Waals surface area contributed by atoms with Crippen molar-refractivity contribution in [2.45, 2.75) is 4.90 Å². The van der Waals surface area contributed by atoms with Crippen LogP contribution >= 0.6 is 0 Å². The summed E-state index contributed by atoms with van der Waals surface area (Å²) in [4.78, 5) is 13.8. The van der Waals surface area contributed by atoms with E-state index in [4.69, 9.17) is 4.18 Å². The van der Waals surface area contributed by atoms with Gasteiger partial charge in [0, 0.05) is 23.7 Å². The Bertz CT molecular complexity index is 1050. The summed E-state index contributed by atoms with van der Waals surface area (Å²) >= 11 is 0. The second-order valence-corrected chi connectivity index (χ2v) is 6.25. The Balaban J connectivity index is 2.13. The van der Waals surface area contributed by atoms with Crippen LogP contribution in [0.25, 0.3) is 10.9 Å². The Labute approximate surface area is 135 Å². The number of aromatic nitrogens is 1. The highest BCUT2D eigenvalue weighted by Crippen LogP contribution is 2.31. The zero-order chi connectivity index (χ0) is 17.3. The highest BCUT2D eigenvalue weighted by molar-refractivity contribution is 7.87. The molecule has 0 spiro atoms. The number of rotatable bonds is 4. The molecule has 0 aliphatic heterocycles. The predicted octanol–water partition coefficient (Wildman–Crippen LogP) is 3.05. The summed E-state index contributed by atoms with van der Waals surface area (Å²) in [5, 5.41) is 11.5. The number of benzene rings is 2. The first-order chi connectivity index (χ1) is 11.4. The Morgan fingerprint density at radius 1 is 1.12 bits per heavy atom. The van der Waals surface area contributed by atoms with Gasteiger partial charge in [-0.05, 0) is 18.2 Å². The smallest absolute Gasteiger partial charge is 0.341 e. The van der Waals surface area contributed by atoms with E-state index in [2.05, 4.69) is 4.98 Å². The quantitative estimate of drug-likeness (QED) is 0.408. The summed E-state index contributed by atoms with van der Waals surface area (Å²) in [5.74, 6) is -1.56. The molecule has 0 fully saturated rings. The predicted molar refractivity (Wildman–Crippen MR) is 82.6 cm³/mol. The fourth-order valence-electron chi connectivity index (χ4n) is 2.15. The van der Waals surface area contributed by atoms with Crippen molar-refractivity contribution in [3.05, 3.63) is 70.7 Å². The number of halogens is 1. The van der Waals surface area contributed by atoms with Gasteiger partial charge in [0.2, 0.25) is 5.75 Å². The van der Waals surface area contributed by atoms with Crippen LogP contribution in [0.4, 0.5) is 10.1 Å². The van der Waals surface area contributed by atoms with Crippen molar-refractivity contribution < 1.29 is 21.9 Å². The van der Waals surface area contributed by atoms with Crippen LogP contribution in [0.3, 0.4) is 0 Å². The molecule has 9 heteroatoms. The summed E-state index contributed by atoms with van der Waals surface area (Å²) in [6.45, 7) is 0. The monoisotopic (exact) mass is 348 g/mol. The van der Waals surface area contributed by atoms with Gasteiger partial charge in [0.05, 0.1) is 10.4 Å². The van der Waals surface area contributed by atoms with Gasteiger partial charge < -0.3 is 4.18 Å². The normalized spacial score (nSPS) is 11.4. The van der Waals surface area contributed by atoms with Crippen molar-refractivity contribution in [3.8, 4) is 5.75 Å². The van der Waals surface area contributed by atoms with Crippen molar-refractivity contribution in [1.82, 2.24) is 4.98 Å². The van der Waals surface area contributed by atoms with Gasteiger partial charge in [-0.1, -0.05) is 18.2 Å². The molecule has 0 aliphatic carbocycles. The lowest BCUT2D eigenvalue weighted by atomic mass is 10.2. The van der Waals surface area contributed by atoms with Crippen molar-refractivity contribution in [1.29, 1.82) is 0 Å². The van der Waals surface area contributed by atoms with Crippen LogP contribution in [0.15, 0.2) is 59.6 Å². The maximum Gasteiger partial charge on any atom is 0.341 e. The third-order valence-corrected chi connectivity index (χ3v) is 4.45. The second-order valence-electron chi connectivity index (χ2n) is 4.74. The van der Waals surface area contributed by atoms with Crippen molar-refractivity contribution >= 4 is 26.7 Å². The minimum Gasteiger partial charge on any atom is -0.371 e. The van der Waals surface area contributed by atoms with Gasteiger partial charge in [0.1, 0.15) is 10.7 Å². The van der Waals surface area contributed by atoms with Crippen LogP contribution in [0, 0.1) is 15.9 Å². The SMILES string of the molecule is O=[N+]([O-])c1ccc(F)cc1OS(=O)(=O)c1cccc2cccnc12. The molecule has 0 aliphatic rings. The van der Waals surface area contributed by atoms with Gasteiger partial charge in [0.25, 0.3) is 0 Å². The van der Waals surface area contributed by atoms with Gasteiger partial charge in [-0.2, -0.15) is 8.42 Å². The Morgan fingerprint density at radius 3 is 2.62 bits per heavy atom. The number of hydrogen-bond acceptors (Lipinski definition) is 6. The molecule has 3 aromatic rings. The van der Waals surface area contributed by atoms with E-state index in [1.165, 1.54) is 18.3 Å². The Morgan fingerprint density at radius 2 is 1.88 bits per heavy atom. The summed E-state index contributed by atoms with van der Waals surface area (Å²) < 4.78 is 43.1. The first kappa shape index (κ1) is 15.8. The van der Waals surface area contributed by atoms with E-state index >= 15 is 0 Å². The highest BCUT2D eigenvalue weighted by atomic mass is 32.2. The molecule has 0 saturated carbocycles. The van der Waals surface area contributed by atoms with Crippen LogP contribution in [-0.4, -0.2) is 18.3 Å². The summed E-state index contributed by atoms with van der Waals surface area (Å²) in [6, 6.07) is 10.0. The highest BCUT2D eigenvalue weighted by Gasteiger charge is 2.26. The average Bonchev–Trinajstić information content (AvgIpc) is 2.53. The molecular formula is C15H9FN2O5S. The number of hydrogen-bond donors (Lipinski definition) is 0. The van der Waals surface area contributed by atoms with E-state index in [0.717, 1.165) is 12.1 Å². The fourth-order valence-corrected chi connectivity index (χ4v) is 3.26. The number of nitro groups is 1. The molecular weight excluding hydrogens is 339 g/mol. The van der Waals surface area contributed by atoms with Crippen LogP contribution < -0.4 is 4.18 Å². The molecule has 3 rings (SSSR count). The Kier molecular flexibility index (Phi) is 3.86. The van der Waals surface area contributed by atoms with Gasteiger partial charge in [-0.15, -0.1) is 0 Å². The molecule has 0 bridgehead atoms. The van der Waals surface area contributed by atoms with E-state index in [9.17, 15) is 22.9 Å². The molecule has 122 valence electrons. The first-order valence-corrected chi connectivity index (χ1v) is 8.01. The fraction of sp³-hybridized carbons (Fsp3) is 0. The number of nitrogens with zero attached hydrogens (tertiary/aromatic N) is 2. The van der Waals surface area contributed by atoms with E-state index in [-0.39, 0.29) is 10.4 Å². The average molecular weight is 348 g/mol. The second kappa shape index (κ2) is 5.85. The standard InChI is InChI=1S/C15H9FN2O5S/c16-11-6-7-12(18(19)20)13(9-11)23-24(21,22)14-5-1-3-10-4-2-8-17-15(10)14/h1-9H. The number of para-hydroxylation sites is 1. The molecule has 0 N–H and O–H groups in total. The van der Waals surface area contributed by atoms with E-state index in [1.54, 1.807) is 18.2 Å². The van der Waals surface area contributed by atoms with Crippen molar-refractivity contribution in [3.63, 3.8) is 0 Å². The molecule has 0 atom stereocenters. The van der Waals surface area contributed by atoms with E-state index < -0.39 is 32.3 Å². The van der Waals surface area contributed by atoms with Gasteiger partial charge in [0.15, 0.2) is 0 Å². The lowest BCUT2D eigenvalue weighted by Gasteiger charge is -2.09. The van der Waals surface area contributed by atoms with Crippen LogP contribution in [-0.2, 0) is 10.1 Å². The maximum atomic E-state index is 13.3. The first-order valence-electron chi connectivity index (χ1n) is 6.61. The van der Waals surface area contributed by atoms with Crippen molar-refractivity contribution in [2.24, 2.45) is 0 Å². The molecule has 0 unspecified atom stereocenters. The van der Waals surface area contributed by atoms with Crippen LogP contribution in [0.1, 0.15) is 0 Å². The summed E-state index contributed by atoms with van der Waals surface area (Å²) in [5.41, 5.74) is -0.507. The van der Waals surface area contributed by atoms with Gasteiger partial charge in [-0.25, -0.2) is 4.39 Å². The van der Waals surface area contributed by atoms with Crippen molar-refractivity contribution in [2.75, 3.05) is 0 Å². The minimum absolute atomic E-state index is 0.152. The largest absolute Gasteiger partial charge is 0.371 e. The third-order valence-electron chi connectivity index (χ3n) is 3.18. The number of fused-ring (bicyclic) bond motifs is 1. The topological polar surface area (TPSA) is 99.4 Å². The van der Waals surface area contributed by atoms with E-state index in [1.807, 2.05) is 0 Å². The molecule has 0 saturated heterocycles. The molecule has 24 heavy (non-hydrogen) atoms. The molecule has 7 nitrogen and oxygen atoms in total. The van der Waals surface area contributed by atoms with Gasteiger partial charge in [-0.3, -0.25) is 15.1 Å². The Hall–Kier alpha value is -3.07. The molecule has 0 radical (unpaired) electrons. The number of nitro benzene ring substituents is 1. The molecule has 0 amide bonds. The summed E-state index contributed by atoms with van der Waals surface area (Å²) in [6.07, 6.45) is 1.41. The van der Waals surface area contributed by atoms with E-state index in [0.29, 0.717) is 11.5 Å². The maximum absolute atomic E-state index is 13.3. The van der Waals surface area contributed by atoms with Crippen LogP contribution in [0.2, 0.25) is 0 Å². The zero-order valence-electron chi connectivity index (χ0n) is 11.9. The summed E-state index contributed by atoms with van der Waals surface area (Å²) in [7, 11) is -4.45. The molecule has 2 aromatic carbocycles.